The predicted octanol–water partition coefficient (Wildman–Crippen LogP) is 6.04. The number of pyridine rings is 1. The largest absolute Gasteiger partial charge is 0.494 e. The van der Waals surface area contributed by atoms with Gasteiger partial charge in [-0.3, -0.25) is 0 Å². The van der Waals surface area contributed by atoms with E-state index in [0.29, 0.717) is 46.2 Å². The number of methoxy groups -OCH3 is 3. The van der Waals surface area contributed by atoms with Crippen LogP contribution in [0.1, 0.15) is 12.5 Å². The van der Waals surface area contributed by atoms with Gasteiger partial charge in [0, 0.05) is 22.5 Å². The molecule has 0 saturated heterocycles. The lowest BCUT2D eigenvalue weighted by Gasteiger charge is -2.15. The van der Waals surface area contributed by atoms with Crippen LogP contribution in [0.25, 0.3) is 22.4 Å². The van der Waals surface area contributed by atoms with Gasteiger partial charge in [0.1, 0.15) is 23.2 Å². The van der Waals surface area contributed by atoms with Crippen molar-refractivity contribution in [2.24, 2.45) is 0 Å². The number of hydrogen-bond acceptors (Lipinski definition) is 8. The number of aromatic nitrogens is 1. The molecule has 0 atom stereocenters. The molecule has 0 spiro atoms. The van der Waals surface area contributed by atoms with E-state index in [2.05, 4.69) is 16.4 Å². The van der Waals surface area contributed by atoms with Crippen LogP contribution in [0.15, 0.2) is 66.7 Å². The van der Waals surface area contributed by atoms with Crippen molar-refractivity contribution >= 4 is 17.2 Å². The smallest absolute Gasteiger partial charge is 0.203 e. The van der Waals surface area contributed by atoms with Crippen LogP contribution in [-0.4, -0.2) is 32.9 Å². The molecule has 0 aliphatic carbocycles. The highest BCUT2D eigenvalue weighted by Gasteiger charge is 2.18. The number of nitriles is 1. The molecule has 8 nitrogen and oxygen atoms in total. The summed E-state index contributed by atoms with van der Waals surface area (Å²) in [6, 6.07) is 23.1. The first-order chi connectivity index (χ1) is 18.0. The van der Waals surface area contributed by atoms with Crippen LogP contribution in [0, 0.1) is 11.3 Å². The third-order valence-electron chi connectivity index (χ3n) is 5.77. The zero-order valence-electron chi connectivity index (χ0n) is 21.2. The van der Waals surface area contributed by atoms with Crippen molar-refractivity contribution in [1.29, 1.82) is 5.26 Å². The molecule has 8 heteroatoms. The number of nitrogens with zero attached hydrogens (tertiary/aromatic N) is 2. The highest BCUT2D eigenvalue weighted by atomic mass is 16.5. The zero-order chi connectivity index (χ0) is 26.4. The minimum atomic E-state index is 0.139. The average Bonchev–Trinajstić information content (AvgIpc) is 2.93. The van der Waals surface area contributed by atoms with Crippen LogP contribution in [-0.2, 0) is 0 Å². The van der Waals surface area contributed by atoms with Gasteiger partial charge < -0.3 is 30.0 Å². The Balaban J connectivity index is 1.69. The summed E-state index contributed by atoms with van der Waals surface area (Å²) in [4.78, 5) is 4.48. The SMILES string of the molecule is CCOc1ccc(Nc2ccc(-c3cc(-c4cc(OC)c(OC)c(OC)c4)nc(N)c3C#N)cc2)cc1. The lowest BCUT2D eigenvalue weighted by molar-refractivity contribution is 0.324. The van der Waals surface area contributed by atoms with Crippen molar-refractivity contribution in [3.63, 3.8) is 0 Å². The summed E-state index contributed by atoms with van der Waals surface area (Å²) in [5.41, 5.74) is 11.2. The molecule has 0 saturated carbocycles. The molecule has 0 radical (unpaired) electrons. The molecular formula is C29H28N4O4. The molecule has 188 valence electrons. The molecular weight excluding hydrogens is 468 g/mol. The molecule has 1 aromatic heterocycles. The summed E-state index contributed by atoms with van der Waals surface area (Å²) in [5, 5.41) is 13.2. The van der Waals surface area contributed by atoms with Gasteiger partial charge in [0.2, 0.25) is 5.75 Å². The highest BCUT2D eigenvalue weighted by molar-refractivity contribution is 5.82. The fourth-order valence-corrected chi connectivity index (χ4v) is 3.99. The van der Waals surface area contributed by atoms with E-state index in [9.17, 15) is 5.26 Å². The van der Waals surface area contributed by atoms with E-state index in [1.54, 1.807) is 33.5 Å². The Morgan fingerprint density at radius 1 is 0.838 bits per heavy atom. The number of nitrogens with two attached hydrogens (primary N) is 1. The van der Waals surface area contributed by atoms with Gasteiger partial charge in [-0.2, -0.15) is 5.26 Å². The molecule has 3 aromatic carbocycles. The number of ether oxygens (including phenoxy) is 4. The average molecular weight is 497 g/mol. The van der Waals surface area contributed by atoms with Gasteiger partial charge in [-0.1, -0.05) is 12.1 Å². The van der Waals surface area contributed by atoms with E-state index in [-0.39, 0.29) is 5.82 Å². The van der Waals surface area contributed by atoms with Crippen molar-refractivity contribution in [2.45, 2.75) is 6.92 Å². The summed E-state index contributed by atoms with van der Waals surface area (Å²) < 4.78 is 21.9. The van der Waals surface area contributed by atoms with E-state index in [0.717, 1.165) is 22.7 Å². The minimum absolute atomic E-state index is 0.139. The van der Waals surface area contributed by atoms with Crippen LogP contribution in [0.2, 0.25) is 0 Å². The molecule has 0 fully saturated rings. The van der Waals surface area contributed by atoms with Gasteiger partial charge in [-0.15, -0.1) is 0 Å². The van der Waals surface area contributed by atoms with Crippen molar-refractivity contribution in [1.82, 2.24) is 4.98 Å². The molecule has 0 unspecified atom stereocenters. The fourth-order valence-electron chi connectivity index (χ4n) is 3.99. The van der Waals surface area contributed by atoms with Crippen LogP contribution < -0.4 is 30.0 Å². The number of hydrogen-bond donors (Lipinski definition) is 2. The Bertz CT molecular complexity index is 1400. The van der Waals surface area contributed by atoms with Crippen LogP contribution >= 0.6 is 0 Å². The first-order valence-electron chi connectivity index (χ1n) is 11.6. The number of rotatable bonds is 9. The number of nitrogen functional groups attached to an aromatic ring is 1. The molecule has 0 amide bonds. The molecule has 37 heavy (non-hydrogen) atoms. The molecule has 4 aromatic rings. The van der Waals surface area contributed by atoms with Crippen LogP contribution in [0.3, 0.4) is 0 Å². The van der Waals surface area contributed by atoms with Gasteiger partial charge in [0.25, 0.3) is 0 Å². The normalized spacial score (nSPS) is 10.4. The Kier molecular flexibility index (Phi) is 7.65. The Morgan fingerprint density at radius 2 is 1.43 bits per heavy atom. The summed E-state index contributed by atoms with van der Waals surface area (Å²) in [6.07, 6.45) is 0. The Labute approximate surface area is 216 Å². The maximum atomic E-state index is 9.82. The first-order valence-corrected chi connectivity index (χ1v) is 11.6. The fraction of sp³-hybridized carbons (Fsp3) is 0.172. The maximum Gasteiger partial charge on any atom is 0.203 e. The zero-order valence-corrected chi connectivity index (χ0v) is 21.2. The van der Waals surface area contributed by atoms with E-state index in [1.807, 2.05) is 61.5 Å². The molecule has 3 N–H and O–H groups in total. The van der Waals surface area contributed by atoms with Crippen molar-refractivity contribution in [3.8, 4) is 51.5 Å². The van der Waals surface area contributed by atoms with Gasteiger partial charge in [-0.05, 0) is 67.1 Å². The second kappa shape index (κ2) is 11.2. The Morgan fingerprint density at radius 3 is 1.95 bits per heavy atom. The second-order valence-corrected chi connectivity index (χ2v) is 8.00. The van der Waals surface area contributed by atoms with Gasteiger partial charge >= 0.3 is 0 Å². The topological polar surface area (TPSA) is 112 Å². The molecule has 0 bridgehead atoms. The van der Waals surface area contributed by atoms with E-state index < -0.39 is 0 Å². The lowest BCUT2D eigenvalue weighted by atomic mass is 9.98. The quantitative estimate of drug-likeness (QED) is 0.289. The molecule has 0 aliphatic heterocycles. The van der Waals surface area contributed by atoms with Crippen molar-refractivity contribution < 1.29 is 18.9 Å². The Hall–Kier alpha value is -4.90. The van der Waals surface area contributed by atoms with E-state index >= 15 is 0 Å². The van der Waals surface area contributed by atoms with Gasteiger partial charge in [0.15, 0.2) is 11.5 Å². The lowest BCUT2D eigenvalue weighted by Crippen LogP contribution is -2.01. The van der Waals surface area contributed by atoms with Crippen LogP contribution in [0.4, 0.5) is 17.2 Å². The number of nitrogens with one attached hydrogen (secondary N) is 1. The minimum Gasteiger partial charge on any atom is -0.494 e. The summed E-state index contributed by atoms with van der Waals surface area (Å²) in [7, 11) is 4.65. The predicted molar refractivity (Wildman–Crippen MR) is 145 cm³/mol. The van der Waals surface area contributed by atoms with E-state index in [4.69, 9.17) is 24.7 Å². The van der Waals surface area contributed by atoms with E-state index in [1.165, 1.54) is 0 Å². The monoisotopic (exact) mass is 496 g/mol. The van der Waals surface area contributed by atoms with Gasteiger partial charge in [0.05, 0.1) is 33.6 Å². The molecule has 1 heterocycles. The maximum absolute atomic E-state index is 9.82. The third-order valence-corrected chi connectivity index (χ3v) is 5.77. The summed E-state index contributed by atoms with van der Waals surface area (Å²) in [6.45, 7) is 2.58. The highest BCUT2D eigenvalue weighted by Crippen LogP contribution is 2.42. The summed E-state index contributed by atoms with van der Waals surface area (Å²) in [5.74, 6) is 2.43. The molecule has 0 aliphatic rings. The third kappa shape index (κ3) is 5.36. The second-order valence-electron chi connectivity index (χ2n) is 8.00. The number of anilines is 3. The molecule has 4 rings (SSSR count). The van der Waals surface area contributed by atoms with Crippen LogP contribution in [0.5, 0.6) is 23.0 Å². The summed E-state index contributed by atoms with van der Waals surface area (Å²) >= 11 is 0. The first kappa shape index (κ1) is 25.2. The van der Waals surface area contributed by atoms with Crippen molar-refractivity contribution in [2.75, 3.05) is 39.0 Å². The van der Waals surface area contributed by atoms with Crippen molar-refractivity contribution in [3.05, 3.63) is 72.3 Å². The standard InChI is InChI=1S/C29H28N4O4/c1-5-37-22-12-10-21(11-13-22)32-20-8-6-18(7-9-20)23-16-25(33-29(31)24(23)17-30)19-14-26(34-2)28(36-4)27(15-19)35-3/h6-16,32H,5H2,1-4H3,(H2,31,33). The number of benzene rings is 3. The van der Waals surface area contributed by atoms with Gasteiger partial charge in [-0.25, -0.2) is 4.98 Å².